The third-order valence-electron chi connectivity index (χ3n) is 9.93. The van der Waals surface area contributed by atoms with E-state index in [1.165, 1.54) is 6.42 Å². The van der Waals surface area contributed by atoms with Gasteiger partial charge in [0, 0.05) is 30.9 Å². The summed E-state index contributed by atoms with van der Waals surface area (Å²) in [5.41, 5.74) is 2.11. The molecule has 1 saturated carbocycles. The standard InChI is InChI=1S/C41H57N5O6/c1-26(2)17-34(40(50)45-33(19-28-11-7-5-8-12-28)36(47)22-38(48)43-24-27(3)4)46-41(51)35(20-29-13-9-6-10-14-29)44-39(49)21-31-25-52-37-16-15-30(23-42)18-32(31)37/h6,9-10,13-16,18,26-28,31,33-36,47H,5,7-8,11-12,17,19-22,24-25H2,1-4H3,(H,43,48)(H,44,49)(H,45,50)(H,46,51)/t31?,33-,34-,35-,36-/m0/s1. The molecule has 1 aliphatic carbocycles. The molecule has 1 unspecified atom stereocenters. The fraction of sp³-hybridized carbons (Fsp3) is 0.585. The summed E-state index contributed by atoms with van der Waals surface area (Å²) in [5, 5.41) is 32.4. The lowest BCUT2D eigenvalue weighted by molar-refractivity contribution is -0.133. The Hall–Kier alpha value is -4.43. The van der Waals surface area contributed by atoms with Gasteiger partial charge in [-0.05, 0) is 54.4 Å². The van der Waals surface area contributed by atoms with Gasteiger partial charge in [-0.15, -0.1) is 0 Å². The lowest BCUT2D eigenvalue weighted by atomic mass is 9.83. The molecule has 282 valence electrons. The summed E-state index contributed by atoms with van der Waals surface area (Å²) in [6.45, 7) is 8.70. The maximum absolute atomic E-state index is 14.0. The monoisotopic (exact) mass is 715 g/mol. The molecule has 0 bridgehead atoms. The first-order valence-electron chi connectivity index (χ1n) is 19.0. The highest BCUT2D eigenvalue weighted by Gasteiger charge is 2.33. The molecule has 0 aromatic heterocycles. The van der Waals surface area contributed by atoms with Crippen molar-refractivity contribution in [1.82, 2.24) is 21.3 Å². The predicted molar refractivity (Wildman–Crippen MR) is 199 cm³/mol. The zero-order valence-corrected chi connectivity index (χ0v) is 31.2. The summed E-state index contributed by atoms with van der Waals surface area (Å²) in [4.78, 5) is 54.2. The van der Waals surface area contributed by atoms with Crippen LogP contribution in [0.5, 0.6) is 5.75 Å². The van der Waals surface area contributed by atoms with Crippen molar-refractivity contribution in [2.45, 2.75) is 122 Å². The number of amides is 4. The van der Waals surface area contributed by atoms with E-state index in [2.05, 4.69) is 27.3 Å². The van der Waals surface area contributed by atoms with Gasteiger partial charge in [-0.3, -0.25) is 19.2 Å². The van der Waals surface area contributed by atoms with Gasteiger partial charge in [0.1, 0.15) is 17.8 Å². The Bertz CT molecular complexity index is 1530. The average Bonchev–Trinajstić information content (AvgIpc) is 3.51. The highest BCUT2D eigenvalue weighted by molar-refractivity contribution is 5.92. The Labute approximate surface area is 308 Å². The van der Waals surface area contributed by atoms with E-state index in [4.69, 9.17) is 4.74 Å². The Morgan fingerprint density at radius 3 is 2.27 bits per heavy atom. The molecule has 0 spiro atoms. The highest BCUT2D eigenvalue weighted by Crippen LogP contribution is 2.36. The first kappa shape index (κ1) is 40.3. The van der Waals surface area contributed by atoms with Gasteiger partial charge in [-0.2, -0.15) is 5.26 Å². The third kappa shape index (κ3) is 12.7. The number of nitrogens with zero attached hydrogens (tertiary/aromatic N) is 1. The average molecular weight is 716 g/mol. The molecular formula is C41H57N5O6. The third-order valence-corrected chi connectivity index (χ3v) is 9.93. The number of aliphatic hydroxyl groups excluding tert-OH is 1. The van der Waals surface area contributed by atoms with Crippen molar-refractivity contribution in [1.29, 1.82) is 5.26 Å². The van der Waals surface area contributed by atoms with E-state index in [9.17, 15) is 29.5 Å². The minimum absolute atomic E-state index is 0.0440. The zero-order chi connectivity index (χ0) is 37.6. The van der Waals surface area contributed by atoms with Crippen LogP contribution in [0.4, 0.5) is 0 Å². The summed E-state index contributed by atoms with van der Waals surface area (Å²) >= 11 is 0. The van der Waals surface area contributed by atoms with Crippen LogP contribution in [0.2, 0.25) is 0 Å². The van der Waals surface area contributed by atoms with Gasteiger partial charge in [0.2, 0.25) is 23.6 Å². The quantitative estimate of drug-likeness (QED) is 0.150. The molecule has 0 saturated heterocycles. The van der Waals surface area contributed by atoms with Gasteiger partial charge in [0.05, 0.1) is 36.8 Å². The number of ether oxygens (including phenoxy) is 1. The van der Waals surface area contributed by atoms with Crippen LogP contribution in [0.1, 0.15) is 108 Å². The largest absolute Gasteiger partial charge is 0.493 e. The molecule has 5 N–H and O–H groups in total. The number of fused-ring (bicyclic) bond motifs is 1. The number of nitrogens with one attached hydrogen (secondary N) is 4. The number of hydrogen-bond donors (Lipinski definition) is 5. The van der Waals surface area contributed by atoms with Crippen molar-refractivity contribution in [2.75, 3.05) is 13.2 Å². The molecule has 11 nitrogen and oxygen atoms in total. The van der Waals surface area contributed by atoms with E-state index in [1.54, 1.807) is 18.2 Å². The van der Waals surface area contributed by atoms with Crippen LogP contribution in [0.15, 0.2) is 48.5 Å². The summed E-state index contributed by atoms with van der Waals surface area (Å²) < 4.78 is 5.76. The second kappa shape index (κ2) is 20.0. The lowest BCUT2D eigenvalue weighted by Crippen LogP contribution is -2.57. The topological polar surface area (TPSA) is 170 Å². The van der Waals surface area contributed by atoms with Crippen LogP contribution in [-0.4, -0.2) is 66.1 Å². The first-order chi connectivity index (χ1) is 24.9. The van der Waals surface area contributed by atoms with Gasteiger partial charge in [-0.1, -0.05) is 90.1 Å². The maximum Gasteiger partial charge on any atom is 0.243 e. The lowest BCUT2D eigenvalue weighted by Gasteiger charge is -2.32. The second-order valence-electron chi connectivity index (χ2n) is 15.4. The van der Waals surface area contributed by atoms with Crippen molar-refractivity contribution in [3.05, 3.63) is 65.2 Å². The number of hydrogen-bond acceptors (Lipinski definition) is 7. The molecule has 52 heavy (non-hydrogen) atoms. The van der Waals surface area contributed by atoms with Crippen LogP contribution in [-0.2, 0) is 25.6 Å². The van der Waals surface area contributed by atoms with Gasteiger partial charge in [0.25, 0.3) is 0 Å². The normalized spacial score (nSPS) is 17.9. The molecule has 11 heteroatoms. The summed E-state index contributed by atoms with van der Waals surface area (Å²) in [7, 11) is 0. The molecule has 4 amide bonds. The van der Waals surface area contributed by atoms with Crippen molar-refractivity contribution in [2.24, 2.45) is 17.8 Å². The van der Waals surface area contributed by atoms with Gasteiger partial charge in [0.15, 0.2) is 0 Å². The van der Waals surface area contributed by atoms with Crippen molar-refractivity contribution in [3.8, 4) is 11.8 Å². The minimum atomic E-state index is -1.09. The second-order valence-corrected chi connectivity index (χ2v) is 15.4. The number of benzene rings is 2. The van der Waals surface area contributed by atoms with E-state index >= 15 is 0 Å². The van der Waals surface area contributed by atoms with Crippen molar-refractivity contribution in [3.63, 3.8) is 0 Å². The molecule has 2 aromatic rings. The molecule has 1 aliphatic heterocycles. The van der Waals surface area contributed by atoms with Gasteiger partial charge in [-0.25, -0.2) is 0 Å². The van der Waals surface area contributed by atoms with Crippen LogP contribution >= 0.6 is 0 Å². The summed E-state index contributed by atoms with van der Waals surface area (Å²) in [5.74, 6) is -0.551. The van der Waals surface area contributed by atoms with E-state index in [-0.39, 0.29) is 55.4 Å². The Morgan fingerprint density at radius 2 is 1.60 bits per heavy atom. The SMILES string of the molecule is CC(C)CNC(=O)C[C@H](O)[C@H](CC1CCCCC1)NC(=O)[C@H](CC(C)C)NC(=O)[C@H](Cc1ccccc1)NC(=O)CC1COc2ccc(C#N)cc21. The number of aliphatic hydroxyl groups is 1. The van der Waals surface area contributed by atoms with Crippen LogP contribution < -0.4 is 26.0 Å². The molecule has 4 rings (SSSR count). The molecule has 5 atom stereocenters. The molecule has 2 aromatic carbocycles. The number of rotatable bonds is 18. The minimum Gasteiger partial charge on any atom is -0.493 e. The highest BCUT2D eigenvalue weighted by atomic mass is 16.5. The maximum atomic E-state index is 14.0. The molecule has 2 aliphatic rings. The van der Waals surface area contributed by atoms with E-state index in [0.717, 1.165) is 36.8 Å². The molecular weight excluding hydrogens is 658 g/mol. The molecule has 0 radical (unpaired) electrons. The van der Waals surface area contributed by atoms with Crippen LogP contribution in [0, 0.1) is 29.1 Å². The van der Waals surface area contributed by atoms with Gasteiger partial charge < -0.3 is 31.1 Å². The molecule has 1 fully saturated rings. The summed E-state index contributed by atoms with van der Waals surface area (Å²) in [6, 6.07) is 14.1. The first-order valence-corrected chi connectivity index (χ1v) is 19.0. The van der Waals surface area contributed by atoms with Crippen LogP contribution in [0.3, 0.4) is 0 Å². The van der Waals surface area contributed by atoms with Crippen molar-refractivity contribution >= 4 is 23.6 Å². The Balaban J connectivity index is 1.48. The van der Waals surface area contributed by atoms with Gasteiger partial charge >= 0.3 is 0 Å². The number of carbonyl (C=O) groups excluding carboxylic acids is 4. The Morgan fingerprint density at radius 1 is 0.885 bits per heavy atom. The fourth-order valence-electron chi connectivity index (χ4n) is 7.13. The van der Waals surface area contributed by atoms with Crippen LogP contribution in [0.25, 0.3) is 0 Å². The van der Waals surface area contributed by atoms with E-state index in [1.807, 2.05) is 58.0 Å². The van der Waals surface area contributed by atoms with Crippen molar-refractivity contribution < 1.29 is 29.0 Å². The van der Waals surface area contributed by atoms with E-state index < -0.39 is 36.0 Å². The fourth-order valence-corrected chi connectivity index (χ4v) is 7.13. The van der Waals surface area contributed by atoms with E-state index in [0.29, 0.717) is 36.6 Å². The summed E-state index contributed by atoms with van der Waals surface area (Å²) in [6.07, 6.45) is 5.29. The Kier molecular flexibility index (Phi) is 15.5. The number of nitriles is 1. The smallest absolute Gasteiger partial charge is 0.243 e. The molecule has 1 heterocycles. The zero-order valence-electron chi connectivity index (χ0n) is 31.2. The number of carbonyl (C=O) groups is 4. The predicted octanol–water partition coefficient (Wildman–Crippen LogP) is 4.66.